The third-order valence-corrected chi connectivity index (χ3v) is 2.38. The molecule has 7 heteroatoms. The largest absolute Gasteiger partial charge is 0.405 e. The molecule has 0 saturated carbocycles. The van der Waals surface area contributed by atoms with E-state index >= 15 is 0 Å². The van der Waals surface area contributed by atoms with Crippen molar-refractivity contribution in [1.82, 2.24) is 4.90 Å². The lowest BCUT2D eigenvalue weighted by atomic mass is 10.1. The Bertz CT molecular complexity index is 243. The van der Waals surface area contributed by atoms with Crippen LogP contribution in [-0.4, -0.2) is 42.2 Å². The molecule has 0 aliphatic heterocycles. The minimum absolute atomic E-state index is 0.158. The van der Waals surface area contributed by atoms with E-state index in [1.807, 2.05) is 6.92 Å². The van der Waals surface area contributed by atoms with Gasteiger partial charge in [0.15, 0.2) is 0 Å². The summed E-state index contributed by atoms with van der Waals surface area (Å²) in [6, 6.07) is -2.94. The van der Waals surface area contributed by atoms with Gasteiger partial charge < -0.3 is 11.5 Å². The fourth-order valence-electron chi connectivity index (χ4n) is 1.72. The number of hydrogen-bond donors (Lipinski definition) is 2. The molecule has 0 aliphatic carbocycles. The monoisotopic (exact) mass is 255 g/mol. The van der Waals surface area contributed by atoms with Gasteiger partial charge in [-0.2, -0.15) is 13.2 Å². The smallest absolute Gasteiger partial charge is 0.369 e. The fourth-order valence-corrected chi connectivity index (χ4v) is 1.72. The first-order valence-electron chi connectivity index (χ1n) is 5.54. The third kappa shape index (κ3) is 5.88. The number of carbonyl (C=O) groups excluding carboxylic acids is 1. The molecule has 0 aromatic heterocycles. The molecule has 0 fully saturated rings. The molecule has 17 heavy (non-hydrogen) atoms. The highest BCUT2D eigenvalue weighted by Crippen LogP contribution is 2.26. The van der Waals surface area contributed by atoms with E-state index in [0.29, 0.717) is 6.42 Å². The van der Waals surface area contributed by atoms with E-state index in [2.05, 4.69) is 0 Å². The average molecular weight is 255 g/mol. The standard InChI is InChI=1S/C10H20F3N3O/c1-3-4-5-16(6-8(15)17)9(7(2)14)10(11,12)13/h7,9H,3-6,14H2,1-2H3,(H2,15,17). The predicted molar refractivity (Wildman–Crippen MR) is 59.2 cm³/mol. The first kappa shape index (κ1) is 16.2. The van der Waals surface area contributed by atoms with Crippen molar-refractivity contribution in [2.75, 3.05) is 13.1 Å². The molecule has 0 radical (unpaired) electrons. The molecular formula is C10H20F3N3O. The fraction of sp³-hybridized carbons (Fsp3) is 0.900. The lowest BCUT2D eigenvalue weighted by Crippen LogP contribution is -2.57. The lowest BCUT2D eigenvalue weighted by Gasteiger charge is -2.34. The van der Waals surface area contributed by atoms with Gasteiger partial charge in [-0.3, -0.25) is 9.69 Å². The van der Waals surface area contributed by atoms with Gasteiger partial charge in [-0.25, -0.2) is 0 Å². The minimum Gasteiger partial charge on any atom is -0.369 e. The Morgan fingerprint density at radius 2 is 1.94 bits per heavy atom. The zero-order valence-corrected chi connectivity index (χ0v) is 10.1. The van der Waals surface area contributed by atoms with Crippen LogP contribution in [0.25, 0.3) is 0 Å². The van der Waals surface area contributed by atoms with Crippen LogP contribution in [0.5, 0.6) is 0 Å². The predicted octanol–water partition coefficient (Wildman–Crippen LogP) is 0.852. The first-order valence-corrected chi connectivity index (χ1v) is 5.54. The van der Waals surface area contributed by atoms with Gasteiger partial charge in [0, 0.05) is 6.04 Å². The van der Waals surface area contributed by atoms with E-state index in [1.165, 1.54) is 6.92 Å². The van der Waals surface area contributed by atoms with Crippen molar-refractivity contribution in [2.45, 2.75) is 44.9 Å². The molecule has 2 unspecified atom stereocenters. The number of rotatable bonds is 7. The van der Waals surface area contributed by atoms with Gasteiger partial charge in [0.1, 0.15) is 6.04 Å². The maximum absolute atomic E-state index is 12.8. The molecule has 0 bridgehead atoms. The number of hydrogen-bond acceptors (Lipinski definition) is 3. The van der Waals surface area contributed by atoms with Crippen LogP contribution in [0, 0.1) is 0 Å². The molecule has 1 amide bonds. The quantitative estimate of drug-likeness (QED) is 0.708. The van der Waals surface area contributed by atoms with Crippen molar-refractivity contribution < 1.29 is 18.0 Å². The van der Waals surface area contributed by atoms with Gasteiger partial charge in [0.05, 0.1) is 6.54 Å². The Morgan fingerprint density at radius 1 is 1.41 bits per heavy atom. The molecule has 4 N–H and O–H groups in total. The van der Waals surface area contributed by atoms with Crippen LogP contribution in [0.3, 0.4) is 0 Å². The summed E-state index contributed by atoms with van der Waals surface area (Å²) in [6.07, 6.45) is -3.16. The second-order valence-corrected chi connectivity index (χ2v) is 4.14. The van der Waals surface area contributed by atoms with Crippen LogP contribution in [0.4, 0.5) is 13.2 Å². The average Bonchev–Trinajstić information content (AvgIpc) is 2.10. The van der Waals surface area contributed by atoms with E-state index in [-0.39, 0.29) is 6.54 Å². The van der Waals surface area contributed by atoms with Crippen molar-refractivity contribution in [1.29, 1.82) is 0 Å². The number of carbonyl (C=O) groups is 1. The highest BCUT2D eigenvalue weighted by Gasteiger charge is 2.45. The Hall–Kier alpha value is -0.820. The summed E-state index contributed by atoms with van der Waals surface area (Å²) in [4.78, 5) is 11.8. The van der Waals surface area contributed by atoms with Crippen LogP contribution in [0.2, 0.25) is 0 Å². The number of amides is 1. The number of primary amides is 1. The Labute approximate surface area is 99.1 Å². The highest BCUT2D eigenvalue weighted by molar-refractivity contribution is 5.76. The van der Waals surface area contributed by atoms with Crippen molar-refractivity contribution in [3.63, 3.8) is 0 Å². The van der Waals surface area contributed by atoms with Crippen LogP contribution in [-0.2, 0) is 4.79 Å². The minimum atomic E-state index is -4.46. The Balaban J connectivity index is 4.86. The van der Waals surface area contributed by atoms with E-state index in [9.17, 15) is 18.0 Å². The van der Waals surface area contributed by atoms with E-state index < -0.39 is 30.7 Å². The molecule has 0 aromatic rings. The molecule has 0 heterocycles. The van der Waals surface area contributed by atoms with Gasteiger partial charge in [-0.05, 0) is 19.9 Å². The molecule has 0 aromatic carbocycles. The number of nitrogens with zero attached hydrogens (tertiary/aromatic N) is 1. The van der Waals surface area contributed by atoms with Gasteiger partial charge in [-0.15, -0.1) is 0 Å². The summed E-state index contributed by atoms with van der Waals surface area (Å²) in [7, 11) is 0. The number of alkyl halides is 3. The normalized spacial score (nSPS) is 15.9. The molecule has 0 saturated heterocycles. The maximum Gasteiger partial charge on any atom is 0.405 e. The van der Waals surface area contributed by atoms with Gasteiger partial charge in [0.2, 0.25) is 5.91 Å². The first-order chi connectivity index (χ1) is 7.70. The Morgan fingerprint density at radius 3 is 2.24 bits per heavy atom. The van der Waals surface area contributed by atoms with Gasteiger partial charge in [-0.1, -0.05) is 13.3 Å². The van der Waals surface area contributed by atoms with Crippen LogP contribution in [0.15, 0.2) is 0 Å². The van der Waals surface area contributed by atoms with Gasteiger partial charge in [0.25, 0.3) is 0 Å². The summed E-state index contributed by atoms with van der Waals surface area (Å²) in [5, 5.41) is 0. The molecular weight excluding hydrogens is 235 g/mol. The lowest BCUT2D eigenvalue weighted by molar-refractivity contribution is -0.188. The van der Waals surface area contributed by atoms with E-state index in [4.69, 9.17) is 11.5 Å². The highest BCUT2D eigenvalue weighted by atomic mass is 19.4. The van der Waals surface area contributed by atoms with E-state index in [0.717, 1.165) is 11.3 Å². The van der Waals surface area contributed by atoms with E-state index in [1.54, 1.807) is 0 Å². The maximum atomic E-state index is 12.8. The summed E-state index contributed by atoms with van der Waals surface area (Å²) in [5.41, 5.74) is 10.3. The molecule has 0 spiro atoms. The van der Waals surface area contributed by atoms with Crippen molar-refractivity contribution >= 4 is 5.91 Å². The topological polar surface area (TPSA) is 72.3 Å². The number of nitrogens with two attached hydrogens (primary N) is 2. The second kappa shape index (κ2) is 6.80. The molecule has 0 rings (SSSR count). The zero-order chi connectivity index (χ0) is 13.6. The Kier molecular flexibility index (Phi) is 6.48. The SMILES string of the molecule is CCCCN(CC(N)=O)C(C(C)N)C(F)(F)F. The number of halogens is 3. The van der Waals surface area contributed by atoms with Crippen LogP contribution in [0.1, 0.15) is 26.7 Å². The number of unbranched alkanes of at least 4 members (excludes halogenated alkanes) is 1. The molecule has 2 atom stereocenters. The second-order valence-electron chi connectivity index (χ2n) is 4.14. The summed E-state index contributed by atoms with van der Waals surface area (Å²) in [5.74, 6) is -0.781. The summed E-state index contributed by atoms with van der Waals surface area (Å²) < 4.78 is 38.5. The third-order valence-electron chi connectivity index (χ3n) is 2.38. The van der Waals surface area contributed by atoms with Crippen molar-refractivity contribution in [3.8, 4) is 0 Å². The van der Waals surface area contributed by atoms with Crippen molar-refractivity contribution in [3.05, 3.63) is 0 Å². The summed E-state index contributed by atoms with van der Waals surface area (Å²) >= 11 is 0. The van der Waals surface area contributed by atoms with Gasteiger partial charge >= 0.3 is 6.18 Å². The molecule has 0 aliphatic rings. The summed E-state index contributed by atoms with van der Waals surface area (Å²) in [6.45, 7) is 2.87. The van der Waals surface area contributed by atoms with Crippen LogP contribution >= 0.6 is 0 Å². The molecule has 4 nitrogen and oxygen atoms in total. The molecule has 102 valence electrons. The van der Waals surface area contributed by atoms with Crippen molar-refractivity contribution in [2.24, 2.45) is 11.5 Å². The van der Waals surface area contributed by atoms with Crippen LogP contribution < -0.4 is 11.5 Å². The zero-order valence-electron chi connectivity index (χ0n) is 10.1.